The monoisotopic (exact) mass is 1090 g/mol. The minimum atomic E-state index is -3.26. The molecule has 0 aromatic carbocycles. The van der Waals surface area contributed by atoms with Gasteiger partial charge in [-0.25, -0.2) is 16.8 Å². The van der Waals surface area contributed by atoms with E-state index in [1.54, 1.807) is 18.2 Å². The van der Waals surface area contributed by atoms with Crippen molar-refractivity contribution in [2.75, 3.05) is 87.4 Å². The molecule has 384 valence electrons. The van der Waals surface area contributed by atoms with Gasteiger partial charge in [-0.2, -0.15) is 33.7 Å². The Morgan fingerprint density at radius 2 is 1.12 bits per heavy atom. The lowest BCUT2D eigenvalue weighted by atomic mass is 10.1. The predicted molar refractivity (Wildman–Crippen MR) is 261 cm³/mol. The van der Waals surface area contributed by atoms with Gasteiger partial charge in [-0.15, -0.1) is 6.58 Å². The van der Waals surface area contributed by atoms with Crippen LogP contribution >= 0.6 is 0 Å². The number of rotatable bonds is 2. The Balaban J connectivity index is 0.000000372. The molecule has 6 fully saturated rings. The molecular formula is C37H68O20S8. The highest BCUT2D eigenvalue weighted by Gasteiger charge is 2.28. The summed E-state index contributed by atoms with van der Waals surface area (Å²) >= 11 is 0. The second kappa shape index (κ2) is 28.4. The fraction of sp³-hybridized carbons (Fsp3) is 0.730. The lowest BCUT2D eigenvalue weighted by Crippen LogP contribution is -2.24. The van der Waals surface area contributed by atoms with Gasteiger partial charge in [0.25, 0.3) is 40.5 Å². The van der Waals surface area contributed by atoms with Gasteiger partial charge in [0, 0.05) is 28.6 Å². The maximum Gasteiger partial charge on any atom is 0.289 e. The third-order valence-corrected chi connectivity index (χ3v) is 19.7. The van der Waals surface area contributed by atoms with Crippen molar-refractivity contribution in [2.24, 2.45) is 23.7 Å². The largest absolute Gasteiger partial charge is 0.298 e. The van der Waals surface area contributed by atoms with Gasteiger partial charge >= 0.3 is 0 Å². The summed E-state index contributed by atoms with van der Waals surface area (Å²) in [6.45, 7) is 13.0. The van der Waals surface area contributed by atoms with Crippen LogP contribution in [0.5, 0.6) is 0 Å². The van der Waals surface area contributed by atoms with E-state index in [2.05, 4.69) is 51.0 Å². The van der Waals surface area contributed by atoms with Crippen LogP contribution in [0.2, 0.25) is 0 Å². The smallest absolute Gasteiger partial charge is 0.289 e. The van der Waals surface area contributed by atoms with Crippen LogP contribution in [0, 0.1) is 23.7 Å². The minimum absolute atomic E-state index is 0.00463. The van der Waals surface area contributed by atoms with Crippen molar-refractivity contribution in [3.63, 3.8) is 0 Å². The first-order chi connectivity index (χ1) is 29.8. The van der Waals surface area contributed by atoms with Gasteiger partial charge in [-0.1, -0.05) is 32.9 Å². The molecule has 0 spiro atoms. The van der Waals surface area contributed by atoms with Crippen molar-refractivity contribution in [3.8, 4) is 0 Å². The Hall–Kier alpha value is -1.22. The Bertz CT molecular complexity index is 2400. The Labute approximate surface area is 390 Å². The van der Waals surface area contributed by atoms with E-state index < -0.39 is 79.7 Å². The molecule has 8 unspecified atom stereocenters. The molecule has 0 bridgehead atoms. The molecule has 8 rings (SSSR count). The molecule has 0 radical (unpaired) electrons. The molecule has 0 saturated carbocycles. The van der Waals surface area contributed by atoms with Gasteiger partial charge in [-0.3, -0.25) is 33.5 Å². The van der Waals surface area contributed by atoms with Gasteiger partial charge in [0.15, 0.2) is 0 Å². The first-order valence-corrected chi connectivity index (χ1v) is 33.6. The van der Waals surface area contributed by atoms with Crippen LogP contribution in [-0.2, 0) is 113 Å². The SMILES string of the molecule is C=CC1COS(=O)(=O)C1.C=S1(=O)C=CCO1.C=S1(=O)CC(C)CO1.C=S1(=O)CCCCO1.C=S1(=O)CCCO1.CC1CCOS(=O)(=O)C1.CCC1COS(=O)(=O)C1.O=S1(=O)C=CCCO1. The van der Waals surface area contributed by atoms with E-state index in [9.17, 15) is 50.5 Å². The van der Waals surface area contributed by atoms with Crippen molar-refractivity contribution < 1.29 is 84.0 Å². The molecule has 65 heavy (non-hydrogen) atoms. The van der Waals surface area contributed by atoms with Crippen molar-refractivity contribution in [1.29, 1.82) is 0 Å². The molecule has 0 N–H and O–H groups in total. The van der Waals surface area contributed by atoms with Gasteiger partial charge in [0.2, 0.25) is 0 Å². The average molecular weight is 1090 g/mol. The fourth-order valence-corrected chi connectivity index (χ4v) is 14.5. The summed E-state index contributed by atoms with van der Waals surface area (Å²) in [4.78, 5) is 0. The topological polar surface area (TPSA) is 279 Å². The standard InChI is InChI=1S/2C5H10O3S.C5H8O3S.2C5H10O2S.C4H6O3S.C4H8O2S.C4H6O2S/c1-5-2-3-8-9(6,7)4-5;2*1-2-5-3-8-9(6,7)4-5;1-5-3-7-8(2,6)4-5;1-8(6)5-3-2-4-7-8;5-8(6)4-2-1-3-7-8;2*1-7(5)4-2-3-6-7/h2*5H,2-4H2,1H3;2,5H,1,3-4H2;5H,2-4H2,1H3;1-5H2;2,4H,1,3H2;1-4H2;2,4H,1,3H2. The highest BCUT2D eigenvalue weighted by atomic mass is 32.2. The zero-order valence-corrected chi connectivity index (χ0v) is 43.8. The van der Waals surface area contributed by atoms with Crippen LogP contribution < -0.4 is 0 Å². The second-order valence-electron chi connectivity index (χ2n) is 15.4. The van der Waals surface area contributed by atoms with Gasteiger partial charge < -0.3 is 0 Å². The lowest BCUT2D eigenvalue weighted by molar-refractivity contribution is 0.264. The molecular weight excluding hydrogens is 1020 g/mol. The van der Waals surface area contributed by atoms with Crippen LogP contribution in [0.1, 0.15) is 59.3 Å². The molecule has 0 aromatic heterocycles. The Kier molecular flexibility index (Phi) is 27.0. The fourth-order valence-electron chi connectivity index (χ4n) is 5.21. The summed E-state index contributed by atoms with van der Waals surface area (Å²) in [5, 5.41) is 2.57. The first-order valence-electron chi connectivity index (χ1n) is 20.3. The summed E-state index contributed by atoms with van der Waals surface area (Å²) in [6.07, 6.45) is 10.3. The van der Waals surface area contributed by atoms with Crippen LogP contribution in [0.15, 0.2) is 35.6 Å². The molecule has 8 atom stereocenters. The molecule has 8 aliphatic heterocycles. The van der Waals surface area contributed by atoms with Gasteiger partial charge in [0.05, 0.1) is 115 Å². The maximum atomic E-state index is 10.9. The third kappa shape index (κ3) is 31.5. The van der Waals surface area contributed by atoms with E-state index in [0.29, 0.717) is 75.8 Å². The van der Waals surface area contributed by atoms with Crippen molar-refractivity contribution >= 4 is 103 Å². The molecule has 0 amide bonds. The molecule has 0 aliphatic carbocycles. The third-order valence-electron chi connectivity index (χ3n) is 8.69. The quantitative estimate of drug-likeness (QED) is 0.217. The maximum absolute atomic E-state index is 10.9. The van der Waals surface area contributed by atoms with Gasteiger partial charge in [0.1, 0.15) is 0 Å². The zero-order valence-electron chi connectivity index (χ0n) is 37.3. The molecule has 8 heterocycles. The highest BCUT2D eigenvalue weighted by molar-refractivity contribution is 7.99. The summed E-state index contributed by atoms with van der Waals surface area (Å²) in [7, 11) is -21.1. The summed E-state index contributed by atoms with van der Waals surface area (Å²) in [6, 6.07) is 0. The first kappa shape index (κ1) is 61.8. The van der Waals surface area contributed by atoms with Crippen LogP contribution in [0.4, 0.5) is 0 Å². The minimum Gasteiger partial charge on any atom is -0.298 e. The molecule has 6 saturated heterocycles. The van der Waals surface area contributed by atoms with Crippen molar-refractivity contribution in [1.82, 2.24) is 0 Å². The predicted octanol–water partition coefficient (Wildman–Crippen LogP) is 2.06. The van der Waals surface area contributed by atoms with Crippen LogP contribution in [0.25, 0.3) is 0 Å². The van der Waals surface area contributed by atoms with E-state index in [1.807, 2.05) is 20.8 Å². The lowest BCUT2D eigenvalue weighted by Gasteiger charge is -2.16. The molecule has 0 aromatic rings. The molecule has 28 heteroatoms. The van der Waals surface area contributed by atoms with E-state index >= 15 is 0 Å². The summed E-state index contributed by atoms with van der Waals surface area (Å²) in [5.74, 6) is 16.9. The van der Waals surface area contributed by atoms with E-state index in [0.717, 1.165) is 37.5 Å². The van der Waals surface area contributed by atoms with Crippen molar-refractivity contribution in [3.05, 3.63) is 35.6 Å². The number of hydrogen-bond donors (Lipinski definition) is 0. The summed E-state index contributed by atoms with van der Waals surface area (Å²) in [5.41, 5.74) is 0. The van der Waals surface area contributed by atoms with E-state index in [-0.39, 0.29) is 41.6 Å². The summed E-state index contributed by atoms with van der Waals surface area (Å²) < 4.78 is 164. The Morgan fingerprint density at radius 3 is 1.32 bits per heavy atom. The second-order valence-corrected chi connectivity index (χ2v) is 30.1. The van der Waals surface area contributed by atoms with Crippen molar-refractivity contribution in [2.45, 2.75) is 59.3 Å². The normalized spacial score (nSPS) is 36.3. The molecule has 8 aliphatic rings. The Morgan fingerprint density at radius 1 is 0.538 bits per heavy atom. The molecule has 20 nitrogen and oxygen atoms in total. The number of hydrogen-bond acceptors (Lipinski definition) is 20. The highest BCUT2D eigenvalue weighted by Crippen LogP contribution is 2.18. The average Bonchev–Trinajstić information content (AvgIpc) is 4.02. The van der Waals surface area contributed by atoms with Crippen LogP contribution in [0.3, 0.4) is 0 Å². The van der Waals surface area contributed by atoms with E-state index in [4.69, 9.17) is 12.5 Å². The van der Waals surface area contributed by atoms with Crippen LogP contribution in [-0.4, -0.2) is 161 Å². The zero-order chi connectivity index (χ0) is 49.6. The van der Waals surface area contributed by atoms with E-state index in [1.165, 1.54) is 5.41 Å². The van der Waals surface area contributed by atoms with Gasteiger partial charge in [-0.05, 0) is 85.8 Å².